The minimum Gasteiger partial charge on any atom is -0.0928 e. The molecule has 0 radical (unpaired) electrons. The molecule has 0 spiro atoms. The minimum atomic E-state index is 1.17. The quantitative estimate of drug-likeness (QED) is 0.436. The van der Waals surface area contributed by atoms with Crippen LogP contribution < -0.4 is 0 Å². The van der Waals surface area contributed by atoms with Gasteiger partial charge in [-0.2, -0.15) is 0 Å². The van der Waals surface area contributed by atoms with E-state index in [0.29, 0.717) is 0 Å². The first-order valence-corrected chi connectivity index (χ1v) is 6.76. The van der Waals surface area contributed by atoms with Crippen LogP contribution in [0.2, 0.25) is 0 Å². The van der Waals surface area contributed by atoms with Gasteiger partial charge in [0.15, 0.2) is 0 Å². The first-order valence-electron chi connectivity index (χ1n) is 4.73. The number of allylic oxidation sites excluding steroid dienone is 1. The molecule has 0 aliphatic carbocycles. The van der Waals surface area contributed by atoms with E-state index < -0.39 is 0 Å². The summed E-state index contributed by atoms with van der Waals surface area (Å²) >= 11 is 6.71. The van der Waals surface area contributed by atoms with Crippen LogP contribution in [0, 0.1) is 0 Å². The molecular weight excluding hydrogens is 280 g/mol. The second-order valence-corrected chi connectivity index (χ2v) is 4.28. The van der Waals surface area contributed by atoms with Gasteiger partial charge < -0.3 is 0 Å². The fourth-order valence-electron chi connectivity index (χ4n) is 1.13. The highest BCUT2D eigenvalue weighted by molar-refractivity contribution is 9.11. The summed E-state index contributed by atoms with van der Waals surface area (Å²) in [6.07, 6.45) is 11.7. The highest BCUT2D eigenvalue weighted by Crippen LogP contribution is 2.08. The summed E-state index contributed by atoms with van der Waals surface area (Å²) < 4.78 is 0. The molecule has 0 N–H and O–H groups in total. The number of hydrogen-bond donors (Lipinski definition) is 0. The molecule has 0 aliphatic rings. The Kier molecular flexibility index (Phi) is 12.4. The average Bonchev–Trinajstić information content (AvgIpc) is 2.10. The van der Waals surface area contributed by atoms with E-state index in [9.17, 15) is 0 Å². The van der Waals surface area contributed by atoms with Gasteiger partial charge in [0, 0.05) is 5.33 Å². The lowest BCUT2D eigenvalue weighted by molar-refractivity contribution is 0.614. The summed E-state index contributed by atoms with van der Waals surface area (Å²) in [6.45, 7) is 0. The number of hydrogen-bond acceptors (Lipinski definition) is 0. The van der Waals surface area contributed by atoms with Crippen LogP contribution in [-0.2, 0) is 0 Å². The van der Waals surface area contributed by atoms with Crippen molar-refractivity contribution in [3.05, 3.63) is 11.1 Å². The highest BCUT2D eigenvalue weighted by atomic mass is 79.9. The van der Waals surface area contributed by atoms with Gasteiger partial charge in [0.1, 0.15) is 0 Å². The van der Waals surface area contributed by atoms with Crippen LogP contribution in [0.25, 0.3) is 0 Å². The fourth-order valence-corrected chi connectivity index (χ4v) is 1.79. The summed E-state index contributed by atoms with van der Waals surface area (Å²) in [6, 6.07) is 0. The molecule has 0 amide bonds. The predicted octanol–water partition coefficient (Wildman–Crippen LogP) is 5.02. The third-order valence-electron chi connectivity index (χ3n) is 1.84. The molecule has 0 aromatic heterocycles. The van der Waals surface area contributed by atoms with E-state index in [1.54, 1.807) is 0 Å². The van der Waals surface area contributed by atoms with E-state index in [1.165, 1.54) is 50.3 Å². The van der Waals surface area contributed by atoms with E-state index in [1.807, 2.05) is 4.99 Å². The largest absolute Gasteiger partial charge is 0.0928 e. The Balaban J connectivity index is 2.81. The normalized spacial score (nSPS) is 11.2. The molecule has 0 aromatic rings. The van der Waals surface area contributed by atoms with Crippen molar-refractivity contribution in [2.75, 3.05) is 5.33 Å². The van der Waals surface area contributed by atoms with Crippen molar-refractivity contribution in [3.8, 4) is 0 Å². The van der Waals surface area contributed by atoms with E-state index in [0.717, 1.165) is 0 Å². The van der Waals surface area contributed by atoms with Crippen molar-refractivity contribution >= 4 is 31.9 Å². The van der Waals surface area contributed by atoms with E-state index >= 15 is 0 Å². The SMILES string of the molecule is BrC=CCCCCCCCCBr. The maximum absolute atomic E-state index is 3.44. The maximum Gasteiger partial charge on any atom is 0.00313 e. The van der Waals surface area contributed by atoms with Crippen molar-refractivity contribution < 1.29 is 0 Å². The van der Waals surface area contributed by atoms with E-state index in [4.69, 9.17) is 0 Å². The lowest BCUT2D eigenvalue weighted by Gasteiger charge is -1.97. The number of unbranched alkanes of at least 4 members (excludes halogenated alkanes) is 6. The molecule has 0 fully saturated rings. The lowest BCUT2D eigenvalue weighted by Crippen LogP contribution is -1.79. The van der Waals surface area contributed by atoms with Gasteiger partial charge in [-0.3, -0.25) is 0 Å². The van der Waals surface area contributed by atoms with Gasteiger partial charge in [0.2, 0.25) is 0 Å². The van der Waals surface area contributed by atoms with Crippen LogP contribution in [0.5, 0.6) is 0 Å². The summed E-state index contributed by atoms with van der Waals surface area (Å²) in [5.74, 6) is 0. The molecule has 0 saturated heterocycles. The number of rotatable bonds is 8. The number of halogens is 2. The van der Waals surface area contributed by atoms with Crippen LogP contribution in [0.1, 0.15) is 44.9 Å². The molecule has 0 rings (SSSR count). The zero-order valence-corrected chi connectivity index (χ0v) is 10.7. The van der Waals surface area contributed by atoms with Gasteiger partial charge in [-0.1, -0.05) is 63.6 Å². The van der Waals surface area contributed by atoms with E-state index in [-0.39, 0.29) is 0 Å². The van der Waals surface area contributed by atoms with Crippen molar-refractivity contribution in [1.82, 2.24) is 0 Å². The molecule has 0 bridgehead atoms. The van der Waals surface area contributed by atoms with Crippen LogP contribution in [0.3, 0.4) is 0 Å². The van der Waals surface area contributed by atoms with Gasteiger partial charge in [0.25, 0.3) is 0 Å². The molecule has 0 nitrogen and oxygen atoms in total. The molecular formula is C10H18Br2. The summed E-state index contributed by atoms with van der Waals surface area (Å²) in [4.78, 5) is 1.96. The van der Waals surface area contributed by atoms with Crippen molar-refractivity contribution in [3.63, 3.8) is 0 Å². The molecule has 0 aromatic carbocycles. The van der Waals surface area contributed by atoms with Crippen LogP contribution >= 0.6 is 31.9 Å². The summed E-state index contributed by atoms with van der Waals surface area (Å²) in [7, 11) is 0. The van der Waals surface area contributed by atoms with Gasteiger partial charge in [-0.15, -0.1) is 0 Å². The van der Waals surface area contributed by atoms with Crippen LogP contribution in [0.15, 0.2) is 11.1 Å². The average molecular weight is 298 g/mol. The molecule has 72 valence electrons. The Hall–Kier alpha value is 0.700. The molecule has 0 saturated carbocycles. The zero-order chi connectivity index (χ0) is 9.07. The molecule has 0 aliphatic heterocycles. The highest BCUT2D eigenvalue weighted by Gasteiger charge is 1.88. The standard InChI is InChI=1S/C10H18Br2/c11-9-7-5-3-1-2-4-6-8-10-12/h7,9H,1-6,8,10H2. The molecule has 0 heterocycles. The van der Waals surface area contributed by atoms with Gasteiger partial charge in [0.05, 0.1) is 0 Å². The third kappa shape index (κ3) is 10.7. The Morgan fingerprint density at radius 3 is 2.00 bits per heavy atom. The monoisotopic (exact) mass is 296 g/mol. The minimum absolute atomic E-state index is 1.17. The smallest absolute Gasteiger partial charge is 0.00313 e. The molecule has 2 heteroatoms. The van der Waals surface area contributed by atoms with Crippen LogP contribution in [0.4, 0.5) is 0 Å². The van der Waals surface area contributed by atoms with Crippen molar-refractivity contribution in [2.24, 2.45) is 0 Å². The Morgan fingerprint density at radius 1 is 0.833 bits per heavy atom. The maximum atomic E-state index is 3.44. The van der Waals surface area contributed by atoms with Gasteiger partial charge in [-0.25, -0.2) is 0 Å². The molecule has 0 unspecified atom stereocenters. The predicted molar refractivity (Wildman–Crippen MR) is 64.2 cm³/mol. The molecule has 12 heavy (non-hydrogen) atoms. The fraction of sp³-hybridized carbons (Fsp3) is 0.800. The first kappa shape index (κ1) is 12.7. The topological polar surface area (TPSA) is 0 Å². The Labute approximate surface area is 93.1 Å². The summed E-state index contributed by atoms with van der Waals surface area (Å²) in [5.41, 5.74) is 0. The van der Waals surface area contributed by atoms with Crippen molar-refractivity contribution in [2.45, 2.75) is 44.9 Å². The first-order chi connectivity index (χ1) is 5.91. The molecule has 0 atom stereocenters. The van der Waals surface area contributed by atoms with Crippen LogP contribution in [-0.4, -0.2) is 5.33 Å². The third-order valence-corrected chi connectivity index (χ3v) is 2.78. The van der Waals surface area contributed by atoms with Gasteiger partial charge in [-0.05, 0) is 24.2 Å². The Bertz CT molecular complexity index is 100. The summed E-state index contributed by atoms with van der Waals surface area (Å²) in [5, 5.41) is 1.17. The zero-order valence-electron chi connectivity index (χ0n) is 7.57. The second-order valence-electron chi connectivity index (χ2n) is 2.96. The second kappa shape index (κ2) is 11.7. The number of alkyl halides is 1. The Morgan fingerprint density at radius 2 is 1.42 bits per heavy atom. The lowest BCUT2D eigenvalue weighted by atomic mass is 10.1. The van der Waals surface area contributed by atoms with E-state index in [2.05, 4.69) is 37.9 Å². The van der Waals surface area contributed by atoms with Crippen molar-refractivity contribution in [1.29, 1.82) is 0 Å². The van der Waals surface area contributed by atoms with Gasteiger partial charge >= 0.3 is 0 Å².